The fraction of sp³-hybridized carbons (Fsp3) is 1.00. The van der Waals surface area contributed by atoms with Crippen LogP contribution in [0.4, 0.5) is 0 Å². The molecule has 2 aliphatic rings. The molecule has 16 heavy (non-hydrogen) atoms. The zero-order chi connectivity index (χ0) is 11.7. The number of hydrogen-bond acceptors (Lipinski definition) is 2. The summed E-state index contributed by atoms with van der Waals surface area (Å²) in [5, 5.41) is 3.70. The summed E-state index contributed by atoms with van der Waals surface area (Å²) in [7, 11) is 0. The molecule has 1 N–H and O–H groups in total. The average molecular weight is 224 g/mol. The Labute approximate surface area is 101 Å². The lowest BCUT2D eigenvalue weighted by Crippen LogP contribution is -2.58. The zero-order valence-electron chi connectivity index (χ0n) is 11.4. The van der Waals surface area contributed by atoms with Gasteiger partial charge in [-0.3, -0.25) is 4.90 Å². The van der Waals surface area contributed by atoms with Gasteiger partial charge in [-0.05, 0) is 44.9 Å². The molecule has 2 heteroatoms. The van der Waals surface area contributed by atoms with Gasteiger partial charge in [-0.15, -0.1) is 0 Å². The summed E-state index contributed by atoms with van der Waals surface area (Å²) in [6.07, 6.45) is 4.25. The Bertz CT molecular complexity index is 223. The molecule has 2 nitrogen and oxygen atoms in total. The van der Waals surface area contributed by atoms with E-state index in [0.29, 0.717) is 0 Å². The first-order chi connectivity index (χ1) is 7.58. The highest BCUT2D eigenvalue weighted by atomic mass is 15.3. The molecule has 1 aliphatic heterocycles. The Kier molecular flexibility index (Phi) is 3.91. The minimum absolute atomic E-state index is 0.720. The summed E-state index contributed by atoms with van der Waals surface area (Å²) < 4.78 is 0. The summed E-state index contributed by atoms with van der Waals surface area (Å²) >= 11 is 0. The van der Waals surface area contributed by atoms with E-state index in [0.717, 1.165) is 30.0 Å². The third-order valence-electron chi connectivity index (χ3n) is 4.28. The molecule has 1 aliphatic carbocycles. The number of nitrogens with one attached hydrogen (secondary N) is 1. The van der Waals surface area contributed by atoms with Crippen LogP contribution in [0.3, 0.4) is 0 Å². The average Bonchev–Trinajstić information content (AvgIpc) is 3.02. The van der Waals surface area contributed by atoms with Crippen LogP contribution in [-0.2, 0) is 0 Å². The zero-order valence-corrected chi connectivity index (χ0v) is 11.4. The normalized spacial score (nSPS) is 34.3. The van der Waals surface area contributed by atoms with Gasteiger partial charge in [0.2, 0.25) is 0 Å². The highest BCUT2D eigenvalue weighted by Gasteiger charge is 2.36. The molecule has 1 heterocycles. The van der Waals surface area contributed by atoms with Crippen LogP contribution >= 0.6 is 0 Å². The van der Waals surface area contributed by atoms with Gasteiger partial charge in [0, 0.05) is 31.2 Å². The van der Waals surface area contributed by atoms with Crippen LogP contribution in [0.25, 0.3) is 0 Å². The number of rotatable bonds is 4. The predicted molar refractivity (Wildman–Crippen MR) is 69.6 cm³/mol. The van der Waals surface area contributed by atoms with Gasteiger partial charge in [0.05, 0.1) is 0 Å². The van der Waals surface area contributed by atoms with E-state index in [9.17, 15) is 0 Å². The van der Waals surface area contributed by atoms with Crippen molar-refractivity contribution < 1.29 is 0 Å². The summed E-state index contributed by atoms with van der Waals surface area (Å²) in [5.41, 5.74) is 0. The van der Waals surface area contributed by atoms with Crippen molar-refractivity contribution in [2.24, 2.45) is 11.8 Å². The van der Waals surface area contributed by atoms with Crippen molar-refractivity contribution in [1.29, 1.82) is 0 Å². The largest absolute Gasteiger partial charge is 0.311 e. The van der Waals surface area contributed by atoms with E-state index in [-0.39, 0.29) is 0 Å². The Balaban J connectivity index is 1.89. The van der Waals surface area contributed by atoms with E-state index in [1.807, 2.05) is 0 Å². The Morgan fingerprint density at radius 2 is 1.94 bits per heavy atom. The maximum Gasteiger partial charge on any atom is 0.0198 e. The smallest absolute Gasteiger partial charge is 0.0198 e. The van der Waals surface area contributed by atoms with Crippen LogP contribution in [0.15, 0.2) is 0 Å². The van der Waals surface area contributed by atoms with Gasteiger partial charge < -0.3 is 5.32 Å². The maximum absolute atomic E-state index is 3.70. The molecule has 1 saturated heterocycles. The summed E-state index contributed by atoms with van der Waals surface area (Å²) in [4.78, 5) is 2.75. The summed E-state index contributed by atoms with van der Waals surface area (Å²) in [5.74, 6) is 1.81. The molecule has 0 bridgehead atoms. The van der Waals surface area contributed by atoms with Gasteiger partial charge in [-0.2, -0.15) is 0 Å². The van der Waals surface area contributed by atoms with Crippen LogP contribution in [0.5, 0.6) is 0 Å². The van der Waals surface area contributed by atoms with Crippen molar-refractivity contribution in [2.45, 2.75) is 65.1 Å². The molecule has 0 aromatic heterocycles. The molecule has 2 fully saturated rings. The lowest BCUT2D eigenvalue weighted by atomic mass is 9.98. The molecular formula is C14H28N2. The maximum atomic E-state index is 3.70. The van der Waals surface area contributed by atoms with E-state index in [1.54, 1.807) is 0 Å². The van der Waals surface area contributed by atoms with Gasteiger partial charge in [-0.25, -0.2) is 0 Å². The molecule has 3 atom stereocenters. The quantitative estimate of drug-likeness (QED) is 0.789. The van der Waals surface area contributed by atoms with Crippen molar-refractivity contribution in [3.05, 3.63) is 0 Å². The van der Waals surface area contributed by atoms with Crippen LogP contribution in [0.1, 0.15) is 47.0 Å². The molecule has 3 unspecified atom stereocenters. The number of nitrogens with zero attached hydrogens (tertiary/aromatic N) is 1. The predicted octanol–water partition coefficient (Wildman–Crippen LogP) is 2.49. The Hall–Kier alpha value is -0.0800. The van der Waals surface area contributed by atoms with E-state index >= 15 is 0 Å². The summed E-state index contributed by atoms with van der Waals surface area (Å²) in [6.45, 7) is 11.9. The Morgan fingerprint density at radius 1 is 1.25 bits per heavy atom. The highest BCUT2D eigenvalue weighted by Crippen LogP contribution is 2.36. The van der Waals surface area contributed by atoms with Gasteiger partial charge >= 0.3 is 0 Å². The van der Waals surface area contributed by atoms with Crippen molar-refractivity contribution >= 4 is 0 Å². The van der Waals surface area contributed by atoms with Crippen molar-refractivity contribution in [2.75, 3.05) is 13.1 Å². The SMILES string of the molecule is CC(C)CC1CN(C(C)C2CC2)C(C)CN1. The third kappa shape index (κ3) is 2.98. The van der Waals surface area contributed by atoms with Crippen LogP contribution in [0.2, 0.25) is 0 Å². The minimum atomic E-state index is 0.720. The first-order valence-corrected chi connectivity index (χ1v) is 7.07. The van der Waals surface area contributed by atoms with Crippen molar-refractivity contribution in [3.8, 4) is 0 Å². The fourth-order valence-electron chi connectivity index (χ4n) is 3.10. The minimum Gasteiger partial charge on any atom is -0.311 e. The van der Waals surface area contributed by atoms with Gasteiger partial charge in [0.15, 0.2) is 0 Å². The van der Waals surface area contributed by atoms with Gasteiger partial charge in [0.25, 0.3) is 0 Å². The van der Waals surface area contributed by atoms with E-state index in [2.05, 4.69) is 37.9 Å². The van der Waals surface area contributed by atoms with Gasteiger partial charge in [0.1, 0.15) is 0 Å². The fourth-order valence-corrected chi connectivity index (χ4v) is 3.10. The highest BCUT2D eigenvalue weighted by molar-refractivity contribution is 4.92. The van der Waals surface area contributed by atoms with Crippen molar-refractivity contribution in [3.63, 3.8) is 0 Å². The number of piperazine rings is 1. The lowest BCUT2D eigenvalue weighted by molar-refractivity contribution is 0.0823. The molecule has 1 saturated carbocycles. The van der Waals surface area contributed by atoms with E-state index < -0.39 is 0 Å². The molecule has 2 rings (SSSR count). The number of hydrogen-bond donors (Lipinski definition) is 1. The molecule has 0 spiro atoms. The molecule has 0 aromatic carbocycles. The first kappa shape index (κ1) is 12.4. The topological polar surface area (TPSA) is 15.3 Å². The first-order valence-electron chi connectivity index (χ1n) is 7.07. The Morgan fingerprint density at radius 3 is 2.50 bits per heavy atom. The van der Waals surface area contributed by atoms with E-state index in [1.165, 1.54) is 32.4 Å². The second-order valence-corrected chi connectivity index (χ2v) is 6.36. The second kappa shape index (κ2) is 5.05. The summed E-state index contributed by atoms with van der Waals surface area (Å²) in [6, 6.07) is 2.25. The third-order valence-corrected chi connectivity index (χ3v) is 4.28. The molecule has 94 valence electrons. The van der Waals surface area contributed by atoms with E-state index in [4.69, 9.17) is 0 Å². The lowest BCUT2D eigenvalue weighted by Gasteiger charge is -2.43. The van der Waals surface area contributed by atoms with Gasteiger partial charge in [-0.1, -0.05) is 13.8 Å². The molecule has 0 aromatic rings. The van der Waals surface area contributed by atoms with Crippen LogP contribution in [-0.4, -0.2) is 36.1 Å². The van der Waals surface area contributed by atoms with Crippen LogP contribution < -0.4 is 5.32 Å². The monoisotopic (exact) mass is 224 g/mol. The van der Waals surface area contributed by atoms with Crippen LogP contribution in [0, 0.1) is 11.8 Å². The molecular weight excluding hydrogens is 196 g/mol. The standard InChI is InChI=1S/C14H28N2/c1-10(2)7-14-9-16(11(3)8-15-14)12(4)13-5-6-13/h10-15H,5-9H2,1-4H3. The van der Waals surface area contributed by atoms with Crippen molar-refractivity contribution in [1.82, 2.24) is 10.2 Å². The second-order valence-electron chi connectivity index (χ2n) is 6.36. The molecule has 0 amide bonds. The molecule has 0 radical (unpaired) electrons.